The molecule has 1 heterocycles. The van der Waals surface area contributed by atoms with E-state index >= 15 is 0 Å². The van der Waals surface area contributed by atoms with Crippen LogP contribution in [0.25, 0.3) is 11.1 Å². The van der Waals surface area contributed by atoms with Crippen LogP contribution in [0.1, 0.15) is 47.2 Å². The Bertz CT molecular complexity index is 850. The van der Waals surface area contributed by atoms with Crippen LogP contribution in [0.4, 0.5) is 0 Å². The second-order valence-electron chi connectivity index (χ2n) is 6.78. The highest BCUT2D eigenvalue weighted by atomic mass is 16.7. The number of hydrogen-bond acceptors (Lipinski definition) is 3. The van der Waals surface area contributed by atoms with Gasteiger partial charge in [0, 0.05) is 12.0 Å². The Morgan fingerprint density at radius 1 is 1.17 bits per heavy atom. The topological polar surface area (TPSA) is 58.9 Å². The van der Waals surface area contributed by atoms with Crippen LogP contribution in [0.3, 0.4) is 0 Å². The minimum Gasteiger partial charge on any atom is -0.478 e. The monoisotopic (exact) mass is 321 g/mol. The summed E-state index contributed by atoms with van der Waals surface area (Å²) in [5, 5.41) is 13.6. The number of nitrogens with zero attached hydrogens (tertiary/aromatic N) is 1. The molecule has 1 N–H and O–H groups in total. The van der Waals surface area contributed by atoms with Crippen LogP contribution in [-0.2, 0) is 4.84 Å². The minimum absolute atomic E-state index is 0.0841. The van der Waals surface area contributed by atoms with Crippen LogP contribution in [-0.4, -0.2) is 22.4 Å². The van der Waals surface area contributed by atoms with Crippen LogP contribution in [0.2, 0.25) is 0 Å². The van der Waals surface area contributed by atoms with Crippen molar-refractivity contribution in [3.8, 4) is 11.1 Å². The first kappa shape index (κ1) is 14.9. The van der Waals surface area contributed by atoms with Gasteiger partial charge in [-0.25, -0.2) is 4.79 Å². The lowest BCUT2D eigenvalue weighted by atomic mass is 9.76. The van der Waals surface area contributed by atoms with Crippen LogP contribution >= 0.6 is 0 Å². The fraction of sp³-hybridized carbons (Fsp3) is 0.300. The quantitative estimate of drug-likeness (QED) is 0.911. The first-order chi connectivity index (χ1) is 11.6. The standard InChI is InChI=1S/C20H19NO3/c1-13-6-7-16(14-4-2-5-15(11-14)19(22)23)17(10-13)18-12-20(24-21-18)8-3-9-20/h2,4-7,10-11H,3,8-9,12H2,1H3,(H,22,23). The molecule has 1 saturated carbocycles. The van der Waals surface area contributed by atoms with Crippen molar-refractivity contribution in [2.24, 2.45) is 5.16 Å². The number of aromatic carboxylic acids is 1. The third-order valence-electron chi connectivity index (χ3n) is 5.01. The van der Waals surface area contributed by atoms with Gasteiger partial charge in [0.25, 0.3) is 0 Å². The zero-order valence-electron chi connectivity index (χ0n) is 13.6. The van der Waals surface area contributed by atoms with E-state index in [-0.39, 0.29) is 5.60 Å². The predicted molar refractivity (Wildman–Crippen MR) is 92.4 cm³/mol. The Morgan fingerprint density at radius 2 is 2.00 bits per heavy atom. The lowest BCUT2D eigenvalue weighted by Crippen LogP contribution is -2.36. The number of carboxylic acids is 1. The van der Waals surface area contributed by atoms with Crippen molar-refractivity contribution in [2.45, 2.75) is 38.2 Å². The van der Waals surface area contributed by atoms with E-state index in [9.17, 15) is 9.90 Å². The van der Waals surface area contributed by atoms with Crippen molar-refractivity contribution in [1.82, 2.24) is 0 Å². The molecule has 0 bridgehead atoms. The largest absolute Gasteiger partial charge is 0.478 e. The van der Waals surface area contributed by atoms with Crippen LogP contribution in [0.5, 0.6) is 0 Å². The summed E-state index contributed by atoms with van der Waals surface area (Å²) >= 11 is 0. The van der Waals surface area contributed by atoms with E-state index in [0.29, 0.717) is 5.56 Å². The third kappa shape index (κ3) is 2.48. The molecule has 122 valence electrons. The van der Waals surface area contributed by atoms with E-state index in [2.05, 4.69) is 18.1 Å². The lowest BCUT2D eigenvalue weighted by Gasteiger charge is -2.34. The van der Waals surface area contributed by atoms with Crippen molar-refractivity contribution in [1.29, 1.82) is 0 Å². The van der Waals surface area contributed by atoms with E-state index in [1.165, 1.54) is 6.42 Å². The van der Waals surface area contributed by atoms with Gasteiger partial charge in [-0.05, 0) is 55.5 Å². The van der Waals surface area contributed by atoms with E-state index in [0.717, 1.165) is 47.2 Å². The molecule has 0 amide bonds. The van der Waals surface area contributed by atoms with Crippen molar-refractivity contribution >= 4 is 11.7 Å². The summed E-state index contributed by atoms with van der Waals surface area (Å²) in [6.07, 6.45) is 4.16. The number of benzene rings is 2. The molecule has 0 atom stereocenters. The second kappa shape index (κ2) is 5.48. The average Bonchev–Trinajstić information content (AvgIpc) is 3.01. The fourth-order valence-electron chi connectivity index (χ4n) is 3.47. The van der Waals surface area contributed by atoms with Crippen molar-refractivity contribution in [2.75, 3.05) is 0 Å². The molecule has 0 unspecified atom stereocenters. The maximum atomic E-state index is 11.3. The highest BCUT2D eigenvalue weighted by Crippen LogP contribution is 2.44. The van der Waals surface area contributed by atoms with Gasteiger partial charge in [0.05, 0.1) is 11.3 Å². The zero-order valence-corrected chi connectivity index (χ0v) is 13.6. The smallest absolute Gasteiger partial charge is 0.335 e. The minimum atomic E-state index is -0.916. The number of aryl methyl sites for hydroxylation is 1. The van der Waals surface area contributed by atoms with E-state index in [1.807, 2.05) is 18.2 Å². The SMILES string of the molecule is Cc1ccc(-c2cccc(C(=O)O)c2)c(C2=NOC3(CCC3)C2)c1. The fourth-order valence-corrected chi connectivity index (χ4v) is 3.47. The third-order valence-corrected chi connectivity index (χ3v) is 5.01. The molecule has 1 fully saturated rings. The molecule has 2 aromatic carbocycles. The van der Waals surface area contributed by atoms with E-state index < -0.39 is 5.97 Å². The Balaban J connectivity index is 1.77. The van der Waals surface area contributed by atoms with Crippen molar-refractivity contribution < 1.29 is 14.7 Å². The molecule has 2 aliphatic rings. The van der Waals surface area contributed by atoms with E-state index in [4.69, 9.17) is 4.84 Å². The summed E-state index contributed by atoms with van der Waals surface area (Å²) in [4.78, 5) is 17.0. The highest BCUT2D eigenvalue weighted by molar-refractivity contribution is 6.07. The van der Waals surface area contributed by atoms with Gasteiger partial charge in [-0.15, -0.1) is 0 Å². The average molecular weight is 321 g/mol. The van der Waals surface area contributed by atoms with E-state index in [1.54, 1.807) is 18.2 Å². The Hall–Kier alpha value is -2.62. The number of rotatable bonds is 3. The van der Waals surface area contributed by atoms with Gasteiger partial charge in [0.2, 0.25) is 0 Å². The molecule has 0 aromatic heterocycles. The molecule has 4 nitrogen and oxygen atoms in total. The highest BCUT2D eigenvalue weighted by Gasteiger charge is 2.45. The molecule has 2 aromatic rings. The summed E-state index contributed by atoms with van der Waals surface area (Å²) in [7, 11) is 0. The summed E-state index contributed by atoms with van der Waals surface area (Å²) in [6.45, 7) is 2.05. The summed E-state index contributed by atoms with van der Waals surface area (Å²) in [5.74, 6) is -0.916. The number of hydrogen-bond donors (Lipinski definition) is 1. The summed E-state index contributed by atoms with van der Waals surface area (Å²) in [5.41, 5.74) is 5.26. The molecule has 24 heavy (non-hydrogen) atoms. The molecule has 4 rings (SSSR count). The van der Waals surface area contributed by atoms with Gasteiger partial charge in [0.15, 0.2) is 0 Å². The lowest BCUT2D eigenvalue weighted by molar-refractivity contribution is -0.0755. The van der Waals surface area contributed by atoms with Crippen molar-refractivity contribution in [3.05, 3.63) is 59.2 Å². The number of oxime groups is 1. The molecular formula is C20H19NO3. The molecule has 1 spiro atoms. The number of carboxylic acid groups (broad SMARTS) is 1. The molecule has 0 radical (unpaired) electrons. The predicted octanol–water partition coefficient (Wildman–Crippen LogP) is 4.41. The van der Waals surface area contributed by atoms with Gasteiger partial charge in [-0.2, -0.15) is 0 Å². The molecule has 4 heteroatoms. The zero-order chi connectivity index (χ0) is 16.7. The van der Waals surface area contributed by atoms with Crippen LogP contribution in [0, 0.1) is 6.92 Å². The summed E-state index contributed by atoms with van der Waals surface area (Å²) in [6, 6.07) is 13.2. The Morgan fingerprint density at radius 3 is 2.67 bits per heavy atom. The van der Waals surface area contributed by atoms with Crippen LogP contribution in [0.15, 0.2) is 47.6 Å². The second-order valence-corrected chi connectivity index (χ2v) is 6.78. The van der Waals surface area contributed by atoms with Gasteiger partial charge < -0.3 is 9.94 Å². The maximum absolute atomic E-state index is 11.3. The Kier molecular flexibility index (Phi) is 3.41. The van der Waals surface area contributed by atoms with Gasteiger partial charge in [0.1, 0.15) is 5.60 Å². The first-order valence-corrected chi connectivity index (χ1v) is 8.26. The molecular weight excluding hydrogens is 302 g/mol. The molecule has 0 saturated heterocycles. The first-order valence-electron chi connectivity index (χ1n) is 8.26. The van der Waals surface area contributed by atoms with Gasteiger partial charge >= 0.3 is 5.97 Å². The Labute approximate surface area is 140 Å². The normalized spacial score (nSPS) is 18.0. The molecule has 1 aliphatic carbocycles. The summed E-state index contributed by atoms with van der Waals surface area (Å²) < 4.78 is 0. The maximum Gasteiger partial charge on any atom is 0.335 e. The van der Waals surface area contributed by atoms with Crippen LogP contribution < -0.4 is 0 Å². The van der Waals surface area contributed by atoms with Crippen molar-refractivity contribution in [3.63, 3.8) is 0 Å². The number of carbonyl (C=O) groups is 1. The van der Waals surface area contributed by atoms with Gasteiger partial charge in [-0.3, -0.25) is 0 Å². The van der Waals surface area contributed by atoms with Gasteiger partial charge in [-0.1, -0.05) is 35.0 Å². The molecule has 1 aliphatic heterocycles.